The molecule has 0 unspecified atom stereocenters. The molecule has 2 aliphatic heterocycles. The number of fused-ring (bicyclic) bond motifs is 2. The van der Waals surface area contributed by atoms with Crippen LogP contribution in [0.3, 0.4) is 0 Å². The number of rotatable bonds is 5. The quantitative estimate of drug-likeness (QED) is 0.361. The van der Waals surface area contributed by atoms with Gasteiger partial charge in [0.25, 0.3) is 5.91 Å². The van der Waals surface area contributed by atoms with Gasteiger partial charge in [0.15, 0.2) is 17.7 Å². The van der Waals surface area contributed by atoms with Crippen LogP contribution in [0.1, 0.15) is 77.0 Å². The minimum absolute atomic E-state index is 0.0336. The lowest BCUT2D eigenvalue weighted by Crippen LogP contribution is -2.30. The van der Waals surface area contributed by atoms with E-state index in [1.807, 2.05) is 6.92 Å². The van der Waals surface area contributed by atoms with E-state index in [0.29, 0.717) is 58.5 Å². The fourth-order valence-corrected chi connectivity index (χ4v) is 6.01. The summed E-state index contributed by atoms with van der Waals surface area (Å²) in [6.45, 7) is 11.3. The van der Waals surface area contributed by atoms with Gasteiger partial charge in [-0.1, -0.05) is 12.1 Å². The van der Waals surface area contributed by atoms with Crippen LogP contribution in [-0.2, 0) is 22.4 Å². The fraction of sp³-hybridized carbons (Fsp3) is 0.394. The van der Waals surface area contributed by atoms with Gasteiger partial charge in [-0.25, -0.2) is 13.6 Å². The van der Waals surface area contributed by atoms with Gasteiger partial charge in [0.2, 0.25) is 0 Å². The highest BCUT2D eigenvalue weighted by Gasteiger charge is 2.37. The molecule has 0 aliphatic carbocycles. The normalized spacial score (nSPS) is 15.3. The predicted molar refractivity (Wildman–Crippen MR) is 153 cm³/mol. The van der Waals surface area contributed by atoms with Gasteiger partial charge < -0.3 is 19.5 Å². The van der Waals surface area contributed by atoms with Gasteiger partial charge in [-0.3, -0.25) is 4.79 Å². The van der Waals surface area contributed by atoms with Crippen molar-refractivity contribution in [3.8, 4) is 16.9 Å². The minimum Gasteiger partial charge on any atom is -0.490 e. The van der Waals surface area contributed by atoms with Gasteiger partial charge in [0, 0.05) is 23.4 Å². The zero-order chi connectivity index (χ0) is 29.8. The third kappa shape index (κ3) is 5.10. The van der Waals surface area contributed by atoms with Gasteiger partial charge in [-0.2, -0.15) is 0 Å². The number of nitrogens with zero attached hydrogens (tertiary/aromatic N) is 1. The van der Waals surface area contributed by atoms with E-state index in [1.54, 1.807) is 52.8 Å². The number of hydrogen-bond donors (Lipinski definition) is 1. The Kier molecular flexibility index (Phi) is 7.40. The zero-order valence-electron chi connectivity index (χ0n) is 24.3. The molecular formula is C33H35F2NO5. The predicted octanol–water partition coefficient (Wildman–Crippen LogP) is 7.03. The Bertz CT molecular complexity index is 1570. The first-order valence-corrected chi connectivity index (χ1v) is 13.9. The summed E-state index contributed by atoms with van der Waals surface area (Å²) in [4.78, 5) is 27.9. The van der Waals surface area contributed by atoms with Crippen LogP contribution >= 0.6 is 0 Å². The summed E-state index contributed by atoms with van der Waals surface area (Å²) in [5.41, 5.74) is 4.44. The molecule has 216 valence electrons. The number of carbonyl (C=O) groups is 2. The second kappa shape index (κ2) is 10.6. The Hall–Kier alpha value is -3.78. The summed E-state index contributed by atoms with van der Waals surface area (Å²) < 4.78 is 42.3. The third-order valence-electron chi connectivity index (χ3n) is 7.87. The van der Waals surface area contributed by atoms with Crippen LogP contribution < -0.4 is 9.64 Å². The largest absolute Gasteiger partial charge is 0.490 e. The topological polar surface area (TPSA) is 76.1 Å². The molecule has 1 amide bonds. The first-order chi connectivity index (χ1) is 19.3. The van der Waals surface area contributed by atoms with Crippen molar-refractivity contribution in [1.82, 2.24) is 0 Å². The molecule has 0 fully saturated rings. The number of anilines is 1. The van der Waals surface area contributed by atoms with Crippen molar-refractivity contribution in [3.05, 3.63) is 80.9 Å². The van der Waals surface area contributed by atoms with E-state index in [2.05, 4.69) is 0 Å². The molecule has 1 atom stereocenters. The van der Waals surface area contributed by atoms with Crippen molar-refractivity contribution in [2.24, 2.45) is 0 Å². The summed E-state index contributed by atoms with van der Waals surface area (Å²) in [6, 6.07) is 7.88. The molecule has 5 rings (SSSR count). The van der Waals surface area contributed by atoms with E-state index in [9.17, 15) is 19.1 Å². The number of carboxylic acids is 1. The van der Waals surface area contributed by atoms with Crippen LogP contribution in [0.2, 0.25) is 0 Å². The SMILES string of the molecule is Cc1cccc(C(=O)N2CCc3c2cc(C)c([C@H](OC(C)(C)C)C(=O)O)c3-c2cc(F)c3c(c2C)CCCO3)c1F. The number of aryl methyl sites for hydroxylation is 2. The highest BCUT2D eigenvalue weighted by molar-refractivity contribution is 6.08. The maximum Gasteiger partial charge on any atom is 0.337 e. The van der Waals surface area contributed by atoms with Crippen molar-refractivity contribution in [2.45, 2.75) is 72.5 Å². The summed E-state index contributed by atoms with van der Waals surface area (Å²) >= 11 is 0. The van der Waals surface area contributed by atoms with Crippen LogP contribution in [0.15, 0.2) is 30.3 Å². The number of halogens is 2. The number of hydrogen-bond acceptors (Lipinski definition) is 4. The smallest absolute Gasteiger partial charge is 0.337 e. The molecule has 0 aromatic heterocycles. The molecule has 2 heterocycles. The van der Waals surface area contributed by atoms with E-state index in [0.717, 1.165) is 17.5 Å². The highest BCUT2D eigenvalue weighted by Crippen LogP contribution is 2.48. The average molecular weight is 564 g/mol. The second-order valence-corrected chi connectivity index (χ2v) is 11.9. The maximum absolute atomic E-state index is 15.5. The third-order valence-corrected chi connectivity index (χ3v) is 7.87. The molecule has 0 saturated carbocycles. The Balaban J connectivity index is 1.78. The molecule has 8 heteroatoms. The first-order valence-electron chi connectivity index (χ1n) is 13.9. The van der Waals surface area contributed by atoms with E-state index < -0.39 is 35.2 Å². The van der Waals surface area contributed by atoms with Crippen molar-refractivity contribution >= 4 is 17.6 Å². The van der Waals surface area contributed by atoms with Crippen LogP contribution in [0.5, 0.6) is 5.75 Å². The molecule has 0 spiro atoms. The van der Waals surface area contributed by atoms with E-state index in [1.165, 1.54) is 17.0 Å². The number of ether oxygens (including phenoxy) is 2. The Morgan fingerprint density at radius 3 is 2.46 bits per heavy atom. The van der Waals surface area contributed by atoms with Crippen molar-refractivity contribution in [2.75, 3.05) is 18.1 Å². The van der Waals surface area contributed by atoms with E-state index in [-0.39, 0.29) is 17.9 Å². The molecule has 3 aromatic rings. The van der Waals surface area contributed by atoms with Crippen LogP contribution in [-0.4, -0.2) is 35.7 Å². The standard InChI is InChI=1S/C33H35F2NO5/c1-17-9-7-10-22(28(17)35)31(37)36-13-12-21-25(36)15-18(2)26(30(32(38)39)41-33(4,5)6)27(21)23-16-24(34)29-20(19(23)3)11-8-14-40-29/h7,9-10,15-16,30H,8,11-14H2,1-6H3,(H,38,39)/t30-/m0/s1. The monoisotopic (exact) mass is 563 g/mol. The zero-order valence-corrected chi connectivity index (χ0v) is 24.3. The van der Waals surface area contributed by atoms with Gasteiger partial charge in [0.05, 0.1) is 17.8 Å². The van der Waals surface area contributed by atoms with Gasteiger partial charge in [-0.15, -0.1) is 0 Å². The molecule has 1 N–H and O–H groups in total. The molecule has 6 nitrogen and oxygen atoms in total. The summed E-state index contributed by atoms with van der Waals surface area (Å²) in [5, 5.41) is 10.4. The van der Waals surface area contributed by atoms with Crippen molar-refractivity contribution < 1.29 is 33.0 Å². The molecule has 41 heavy (non-hydrogen) atoms. The number of amides is 1. The molecule has 0 saturated heterocycles. The lowest BCUT2D eigenvalue weighted by molar-refractivity contribution is -0.160. The van der Waals surface area contributed by atoms with Crippen LogP contribution in [0.4, 0.5) is 14.5 Å². The van der Waals surface area contributed by atoms with Crippen LogP contribution in [0.25, 0.3) is 11.1 Å². The minimum atomic E-state index is -1.34. The first kappa shape index (κ1) is 28.7. The molecule has 0 bridgehead atoms. The average Bonchev–Trinajstić information content (AvgIpc) is 3.33. The molecule has 2 aliphatic rings. The highest BCUT2D eigenvalue weighted by atomic mass is 19.1. The number of benzene rings is 3. The van der Waals surface area contributed by atoms with Crippen LogP contribution in [0, 0.1) is 32.4 Å². The van der Waals surface area contributed by atoms with E-state index >= 15 is 4.39 Å². The summed E-state index contributed by atoms with van der Waals surface area (Å²) in [5.74, 6) is -2.51. The fourth-order valence-electron chi connectivity index (χ4n) is 6.01. The number of carbonyl (C=O) groups excluding carboxylic acids is 1. The van der Waals surface area contributed by atoms with Crippen molar-refractivity contribution in [3.63, 3.8) is 0 Å². The number of carboxylic acid groups (broad SMARTS) is 1. The molecule has 0 radical (unpaired) electrons. The second-order valence-electron chi connectivity index (χ2n) is 11.9. The van der Waals surface area contributed by atoms with Gasteiger partial charge >= 0.3 is 5.97 Å². The Morgan fingerprint density at radius 1 is 1.05 bits per heavy atom. The maximum atomic E-state index is 15.5. The summed E-state index contributed by atoms with van der Waals surface area (Å²) in [6.07, 6.45) is 0.412. The lowest BCUT2D eigenvalue weighted by Gasteiger charge is -2.30. The van der Waals surface area contributed by atoms with Gasteiger partial charge in [0.1, 0.15) is 5.82 Å². The lowest BCUT2D eigenvalue weighted by atomic mass is 9.83. The molecule has 3 aromatic carbocycles. The van der Waals surface area contributed by atoms with Crippen molar-refractivity contribution in [1.29, 1.82) is 0 Å². The van der Waals surface area contributed by atoms with E-state index in [4.69, 9.17) is 9.47 Å². The Labute approximate surface area is 238 Å². The van der Waals surface area contributed by atoms with Gasteiger partial charge in [-0.05, 0) is 112 Å². The molecular weight excluding hydrogens is 528 g/mol. The number of aliphatic carboxylic acids is 1. The Morgan fingerprint density at radius 2 is 1.78 bits per heavy atom. The summed E-state index contributed by atoms with van der Waals surface area (Å²) in [7, 11) is 0.